The molecule has 0 fully saturated rings. The summed E-state index contributed by atoms with van der Waals surface area (Å²) in [6.07, 6.45) is 0.522. The van der Waals surface area contributed by atoms with Gasteiger partial charge in [-0.25, -0.2) is 0 Å². The van der Waals surface area contributed by atoms with Crippen LogP contribution >= 0.6 is 0 Å². The molecule has 0 bridgehead atoms. The fourth-order valence-electron chi connectivity index (χ4n) is 6.32. The zero-order chi connectivity index (χ0) is 28.3. The Morgan fingerprint density at radius 2 is 1.84 bits per heavy atom. The molecule has 0 aliphatic heterocycles. The Morgan fingerprint density at radius 1 is 1.21 bits per heavy atom. The summed E-state index contributed by atoms with van der Waals surface area (Å²) < 4.78 is 0. The van der Waals surface area contributed by atoms with Crippen LogP contribution in [0.3, 0.4) is 0 Å². The molecule has 2 unspecified atom stereocenters. The standard InChI is InChI=1S/C26H32N4O8/c1-5-30(6-2)15-9-14(28-10-31)20(32)17-12(15)7-11-8-13-19(29(3)4)22(34)18(25(27)37)24(36)26(13,38)23(35)16(11)21(17)33/h9-11,13,19,32,34-35,38H,5-8H2,1-4H3,(H2,27,37)(H,28,31)/t11?,13?,19-,26-/m0/s1. The average Bonchev–Trinajstić information content (AvgIpc) is 2.84. The number of carbonyl (C=O) groups excluding carboxylic acids is 4. The van der Waals surface area contributed by atoms with Gasteiger partial charge in [-0.3, -0.25) is 24.1 Å². The van der Waals surface area contributed by atoms with E-state index in [4.69, 9.17) is 5.73 Å². The number of aliphatic hydroxyl groups excluding tert-OH is 2. The van der Waals surface area contributed by atoms with Crippen molar-refractivity contribution in [1.29, 1.82) is 0 Å². The number of amides is 2. The number of hydrogen-bond donors (Lipinski definition) is 6. The molecular weight excluding hydrogens is 496 g/mol. The van der Waals surface area contributed by atoms with Crippen molar-refractivity contribution in [3.05, 3.63) is 39.9 Å². The summed E-state index contributed by atoms with van der Waals surface area (Å²) in [6, 6.07) is 0.520. The smallest absolute Gasteiger partial charge is 0.255 e. The highest BCUT2D eigenvalue weighted by Gasteiger charge is 2.63. The molecule has 3 aliphatic rings. The maximum absolute atomic E-state index is 13.9. The Morgan fingerprint density at radius 3 is 2.37 bits per heavy atom. The van der Waals surface area contributed by atoms with Crippen molar-refractivity contribution in [2.75, 3.05) is 37.4 Å². The Hall–Kier alpha value is -3.90. The number of nitrogens with one attached hydrogen (secondary N) is 1. The van der Waals surface area contributed by atoms with Gasteiger partial charge in [0.25, 0.3) is 5.91 Å². The first-order valence-electron chi connectivity index (χ1n) is 12.3. The molecule has 4 atom stereocenters. The van der Waals surface area contributed by atoms with E-state index in [1.54, 1.807) is 20.2 Å². The number of aliphatic hydroxyl groups is 3. The number of ketones is 2. The van der Waals surface area contributed by atoms with E-state index < -0.39 is 63.8 Å². The quantitative estimate of drug-likeness (QED) is 0.165. The molecule has 0 aromatic heterocycles. The summed E-state index contributed by atoms with van der Waals surface area (Å²) in [5.41, 5.74) is 2.48. The van der Waals surface area contributed by atoms with Gasteiger partial charge in [0, 0.05) is 30.3 Å². The van der Waals surface area contributed by atoms with Gasteiger partial charge in [-0.2, -0.15) is 0 Å². The highest BCUT2D eigenvalue weighted by Crippen LogP contribution is 2.54. The number of carbonyl (C=O) groups is 4. The van der Waals surface area contributed by atoms with Gasteiger partial charge in [-0.15, -0.1) is 0 Å². The number of phenolic OH excluding ortho intramolecular Hbond substituents is 1. The van der Waals surface area contributed by atoms with Crippen LogP contribution in [0.5, 0.6) is 5.75 Å². The van der Waals surface area contributed by atoms with Crippen molar-refractivity contribution < 1.29 is 39.6 Å². The molecule has 12 heteroatoms. The number of hydrogen-bond acceptors (Lipinski definition) is 10. The predicted molar refractivity (Wildman–Crippen MR) is 137 cm³/mol. The van der Waals surface area contributed by atoms with Crippen LogP contribution in [0.1, 0.15) is 36.2 Å². The van der Waals surface area contributed by atoms with E-state index in [9.17, 15) is 39.6 Å². The minimum Gasteiger partial charge on any atom is -0.510 e. The molecule has 1 aromatic carbocycles. The second-order valence-electron chi connectivity index (χ2n) is 10.0. The Kier molecular flexibility index (Phi) is 6.74. The number of primary amides is 1. The fraction of sp³-hybridized carbons (Fsp3) is 0.462. The summed E-state index contributed by atoms with van der Waals surface area (Å²) in [5.74, 6) is -7.22. The van der Waals surface area contributed by atoms with Gasteiger partial charge in [0.05, 0.1) is 17.3 Å². The maximum atomic E-state index is 13.9. The third-order valence-electron chi connectivity index (χ3n) is 8.02. The maximum Gasteiger partial charge on any atom is 0.255 e. The normalized spacial score (nSPS) is 26.6. The Labute approximate surface area is 219 Å². The van der Waals surface area contributed by atoms with Gasteiger partial charge in [-0.05, 0) is 58.3 Å². The first-order chi connectivity index (χ1) is 17.9. The lowest BCUT2D eigenvalue weighted by Crippen LogP contribution is -2.63. The van der Waals surface area contributed by atoms with Crippen LogP contribution in [0.2, 0.25) is 0 Å². The van der Waals surface area contributed by atoms with Crippen molar-refractivity contribution in [3.8, 4) is 5.75 Å². The first-order valence-corrected chi connectivity index (χ1v) is 12.3. The lowest BCUT2D eigenvalue weighted by atomic mass is 9.58. The fourth-order valence-corrected chi connectivity index (χ4v) is 6.32. The second kappa shape index (κ2) is 9.44. The third-order valence-corrected chi connectivity index (χ3v) is 8.02. The van der Waals surface area contributed by atoms with E-state index in [0.717, 1.165) is 0 Å². The van der Waals surface area contributed by atoms with Crippen molar-refractivity contribution in [3.63, 3.8) is 0 Å². The summed E-state index contributed by atoms with van der Waals surface area (Å²) in [6.45, 7) is 4.96. The van der Waals surface area contributed by atoms with Crippen molar-refractivity contribution in [2.24, 2.45) is 17.6 Å². The summed E-state index contributed by atoms with van der Waals surface area (Å²) in [4.78, 5) is 54.0. The van der Waals surface area contributed by atoms with Crippen LogP contribution in [0.4, 0.5) is 11.4 Å². The molecule has 38 heavy (non-hydrogen) atoms. The number of benzene rings is 1. The van der Waals surface area contributed by atoms with E-state index in [0.29, 0.717) is 30.8 Å². The summed E-state index contributed by atoms with van der Waals surface area (Å²) in [5, 5.41) is 47.3. The molecule has 0 saturated heterocycles. The molecular formula is C26H32N4O8. The molecule has 2 amide bonds. The van der Waals surface area contributed by atoms with Crippen molar-refractivity contribution in [1.82, 2.24) is 4.90 Å². The van der Waals surface area contributed by atoms with E-state index in [2.05, 4.69) is 5.32 Å². The van der Waals surface area contributed by atoms with Crippen LogP contribution in [-0.4, -0.2) is 88.0 Å². The first kappa shape index (κ1) is 27.1. The number of phenols is 1. The molecule has 0 saturated carbocycles. The minimum absolute atomic E-state index is 0.00144. The van der Waals surface area contributed by atoms with E-state index in [1.165, 1.54) is 4.90 Å². The largest absolute Gasteiger partial charge is 0.510 e. The van der Waals surface area contributed by atoms with Crippen LogP contribution in [-0.2, 0) is 20.8 Å². The van der Waals surface area contributed by atoms with E-state index >= 15 is 0 Å². The number of rotatable bonds is 7. The SMILES string of the molecule is CCN(CC)c1cc(NC=O)c(O)c2c1CC1CC3[C@H](N(C)C)C(O)=C(C(N)=O)C(=O)[C@@]3(O)C(O)=C1C2=O. The number of anilines is 2. The summed E-state index contributed by atoms with van der Waals surface area (Å²) in [7, 11) is 3.15. The molecule has 0 heterocycles. The molecule has 3 aliphatic carbocycles. The molecule has 204 valence electrons. The van der Waals surface area contributed by atoms with E-state index in [1.807, 2.05) is 18.7 Å². The zero-order valence-electron chi connectivity index (χ0n) is 21.6. The highest BCUT2D eigenvalue weighted by molar-refractivity contribution is 6.25. The van der Waals surface area contributed by atoms with E-state index in [-0.39, 0.29) is 29.7 Å². The van der Waals surface area contributed by atoms with Crippen molar-refractivity contribution in [2.45, 2.75) is 38.3 Å². The van der Waals surface area contributed by atoms with Crippen LogP contribution in [0.15, 0.2) is 28.7 Å². The number of likely N-dealkylation sites (N-methyl/N-ethyl adjacent to an activating group) is 1. The minimum atomic E-state index is -2.71. The topological polar surface area (TPSA) is 194 Å². The number of Topliss-reactive ketones (excluding diaryl/α,β-unsaturated/α-hetero) is 2. The lowest BCUT2D eigenvalue weighted by Gasteiger charge is -2.50. The number of aromatic hydroxyl groups is 1. The monoisotopic (exact) mass is 528 g/mol. The van der Waals surface area contributed by atoms with Crippen LogP contribution in [0.25, 0.3) is 0 Å². The molecule has 12 nitrogen and oxygen atoms in total. The molecule has 0 radical (unpaired) electrons. The van der Waals surface area contributed by atoms with Crippen LogP contribution in [0, 0.1) is 11.8 Å². The highest BCUT2D eigenvalue weighted by atomic mass is 16.3. The average molecular weight is 529 g/mol. The van der Waals surface area contributed by atoms with Gasteiger partial charge >= 0.3 is 0 Å². The summed E-state index contributed by atoms with van der Waals surface area (Å²) >= 11 is 0. The van der Waals surface area contributed by atoms with Crippen LogP contribution < -0.4 is 16.0 Å². The zero-order valence-corrected chi connectivity index (χ0v) is 21.6. The molecule has 1 aromatic rings. The number of fused-ring (bicyclic) bond motifs is 3. The third kappa shape index (κ3) is 3.58. The number of nitrogens with zero attached hydrogens (tertiary/aromatic N) is 2. The molecule has 4 rings (SSSR count). The van der Waals surface area contributed by atoms with Crippen molar-refractivity contribution >= 4 is 35.3 Å². The Bertz CT molecular complexity index is 1310. The number of nitrogens with two attached hydrogens (primary N) is 1. The predicted octanol–water partition coefficient (Wildman–Crippen LogP) is 0.535. The second-order valence-corrected chi connectivity index (χ2v) is 10.0. The van der Waals surface area contributed by atoms with Gasteiger partial charge in [0.2, 0.25) is 12.2 Å². The van der Waals surface area contributed by atoms with Gasteiger partial charge < -0.3 is 36.4 Å². The van der Waals surface area contributed by atoms with Gasteiger partial charge in [0.15, 0.2) is 17.1 Å². The molecule has 7 N–H and O–H groups in total. The number of allylic oxidation sites excluding steroid dienone is 1. The Balaban J connectivity index is 2.00. The lowest BCUT2D eigenvalue weighted by molar-refractivity contribution is -0.148. The molecule has 0 spiro atoms. The van der Waals surface area contributed by atoms with Gasteiger partial charge in [-0.1, -0.05) is 0 Å². The van der Waals surface area contributed by atoms with Gasteiger partial charge in [0.1, 0.15) is 17.1 Å².